The molecule has 3 aliphatic carbocycles. The summed E-state index contributed by atoms with van der Waals surface area (Å²) in [5.41, 5.74) is 6.06. The van der Waals surface area contributed by atoms with Gasteiger partial charge in [0.15, 0.2) is 34.7 Å². The Morgan fingerprint density at radius 2 is 1.68 bits per heavy atom. The van der Waals surface area contributed by atoms with Crippen LogP contribution in [0.5, 0.6) is 5.75 Å². The number of rotatable bonds is 8. The Balaban J connectivity index is 1.44. The van der Waals surface area contributed by atoms with E-state index in [2.05, 4.69) is 31.3 Å². The number of Topliss-reactive ketones (excluding diaryl/α,β-unsaturated/α-hetero) is 4. The molecule has 5 N–H and O–H groups in total. The molecule has 6 rings (SSSR count). The molecule has 0 spiro atoms. The van der Waals surface area contributed by atoms with Crippen molar-refractivity contribution in [3.63, 3.8) is 0 Å². The fraction of sp³-hybridized carbons (Fsp3) is 0.432. The number of phenols is 1. The average Bonchev–Trinajstić information content (AvgIpc) is 3.01. The number of amides is 1. The third-order valence-electron chi connectivity index (χ3n) is 10.4. The van der Waals surface area contributed by atoms with Crippen LogP contribution in [0.3, 0.4) is 0 Å². The van der Waals surface area contributed by atoms with Gasteiger partial charge in [-0.1, -0.05) is 56.3 Å². The van der Waals surface area contributed by atoms with Gasteiger partial charge in [0.1, 0.15) is 5.75 Å². The van der Waals surface area contributed by atoms with Crippen molar-refractivity contribution < 1.29 is 34.2 Å². The summed E-state index contributed by atoms with van der Waals surface area (Å²) in [7, 11) is 3.14. The molecule has 2 unspecified atom stereocenters. The van der Waals surface area contributed by atoms with Gasteiger partial charge in [-0.05, 0) is 91.3 Å². The van der Waals surface area contributed by atoms with E-state index >= 15 is 0 Å². The molecule has 3 aliphatic rings. The van der Waals surface area contributed by atoms with Gasteiger partial charge in [-0.25, -0.2) is 0 Å². The van der Waals surface area contributed by atoms with Crippen LogP contribution >= 0.6 is 0 Å². The van der Waals surface area contributed by atoms with Crippen LogP contribution in [0.25, 0.3) is 21.9 Å². The fourth-order valence-corrected chi connectivity index (χ4v) is 8.34. The average molecular weight is 640 g/mol. The number of hydrogen-bond acceptors (Lipinski definition) is 9. The number of aryl methyl sites for hydroxylation is 1. The SMILES string of the molecule is CC(C)NCCCc1ccc(-c2ccc(O)c3c2C[C@H]2C[C@H]4[C@H](N(C)C)C(=O)C(C(N)=O)C(=O)[C@@]4(O)C(=O)C2C3=O)c2ccccc12. The van der Waals surface area contributed by atoms with Crippen molar-refractivity contribution >= 4 is 39.8 Å². The number of phenolic OH excluding ortho intramolecular Hbond substituents is 1. The number of benzene rings is 3. The molecule has 47 heavy (non-hydrogen) atoms. The van der Waals surface area contributed by atoms with Crippen molar-refractivity contribution in [1.82, 2.24) is 10.2 Å². The molecule has 10 nitrogen and oxygen atoms in total. The predicted molar refractivity (Wildman–Crippen MR) is 176 cm³/mol. The van der Waals surface area contributed by atoms with Crippen LogP contribution in [-0.4, -0.2) is 82.5 Å². The number of aromatic hydroxyl groups is 1. The zero-order valence-corrected chi connectivity index (χ0v) is 27.1. The highest BCUT2D eigenvalue weighted by atomic mass is 16.3. The minimum atomic E-state index is -2.75. The summed E-state index contributed by atoms with van der Waals surface area (Å²) in [6.45, 7) is 5.13. The predicted octanol–water partition coefficient (Wildman–Crippen LogP) is 2.62. The van der Waals surface area contributed by atoms with Crippen LogP contribution in [0.4, 0.5) is 0 Å². The first-order valence-corrected chi connectivity index (χ1v) is 16.2. The Kier molecular flexibility index (Phi) is 8.40. The van der Waals surface area contributed by atoms with Crippen LogP contribution in [0, 0.1) is 23.7 Å². The molecule has 2 fully saturated rings. The number of fused-ring (bicyclic) bond motifs is 4. The normalized spacial score (nSPS) is 27.3. The lowest BCUT2D eigenvalue weighted by molar-refractivity contribution is -0.181. The number of nitrogens with zero attached hydrogens (tertiary/aromatic N) is 1. The highest BCUT2D eigenvalue weighted by molar-refractivity contribution is 6.32. The Labute approximate surface area is 273 Å². The van der Waals surface area contributed by atoms with Gasteiger partial charge in [-0.2, -0.15) is 0 Å². The summed E-state index contributed by atoms with van der Waals surface area (Å²) in [5, 5.41) is 28.4. The second kappa shape index (κ2) is 12.1. The lowest BCUT2D eigenvalue weighted by Crippen LogP contribution is -2.74. The molecule has 0 saturated heterocycles. The Morgan fingerprint density at radius 3 is 2.34 bits per heavy atom. The summed E-state index contributed by atoms with van der Waals surface area (Å²) in [5.74, 6) is -10.6. The van der Waals surface area contributed by atoms with E-state index in [0.717, 1.165) is 41.3 Å². The lowest BCUT2D eigenvalue weighted by Gasteiger charge is -2.52. The van der Waals surface area contributed by atoms with Gasteiger partial charge in [0.25, 0.3) is 0 Å². The van der Waals surface area contributed by atoms with Crippen LogP contribution in [-0.2, 0) is 32.0 Å². The van der Waals surface area contributed by atoms with Gasteiger partial charge in [0.05, 0.1) is 17.5 Å². The number of nitrogens with one attached hydrogen (secondary N) is 1. The van der Waals surface area contributed by atoms with Gasteiger partial charge in [0, 0.05) is 12.0 Å². The van der Waals surface area contributed by atoms with E-state index in [0.29, 0.717) is 11.6 Å². The summed E-state index contributed by atoms with van der Waals surface area (Å²) >= 11 is 0. The van der Waals surface area contributed by atoms with Crippen LogP contribution < -0.4 is 11.1 Å². The van der Waals surface area contributed by atoms with Crippen molar-refractivity contribution in [3.05, 3.63) is 65.2 Å². The van der Waals surface area contributed by atoms with Crippen LogP contribution in [0.1, 0.15) is 48.2 Å². The Bertz CT molecular complexity index is 1830. The maximum Gasteiger partial charge on any atom is 0.235 e. The van der Waals surface area contributed by atoms with E-state index in [1.165, 1.54) is 16.5 Å². The fourth-order valence-electron chi connectivity index (χ4n) is 8.34. The number of carbonyl (C=O) groups is 5. The quantitative estimate of drug-likeness (QED) is 0.214. The number of likely N-dealkylation sites (N-methyl/N-ethyl adjacent to an activating group) is 1. The van der Waals surface area contributed by atoms with Crippen LogP contribution in [0.2, 0.25) is 0 Å². The lowest BCUT2D eigenvalue weighted by atomic mass is 9.52. The molecule has 0 heterocycles. The molecule has 2 saturated carbocycles. The van der Waals surface area contributed by atoms with Gasteiger partial charge < -0.3 is 21.3 Å². The van der Waals surface area contributed by atoms with E-state index in [4.69, 9.17) is 5.73 Å². The minimum Gasteiger partial charge on any atom is -0.507 e. The summed E-state index contributed by atoms with van der Waals surface area (Å²) in [4.78, 5) is 69.0. The topological polar surface area (TPSA) is 167 Å². The molecule has 3 aromatic rings. The molecule has 246 valence electrons. The number of hydrogen-bond donors (Lipinski definition) is 4. The third kappa shape index (κ3) is 5.10. The third-order valence-corrected chi connectivity index (χ3v) is 10.4. The molecule has 0 aromatic heterocycles. The number of ketones is 4. The highest BCUT2D eigenvalue weighted by Crippen LogP contribution is 2.52. The zero-order valence-electron chi connectivity index (χ0n) is 27.1. The van der Waals surface area contributed by atoms with Crippen molar-refractivity contribution in [2.45, 2.75) is 57.2 Å². The summed E-state index contributed by atoms with van der Waals surface area (Å²) in [6.07, 6.45) is 2.05. The zero-order chi connectivity index (χ0) is 33.9. The maximum absolute atomic E-state index is 14.2. The van der Waals surface area contributed by atoms with E-state index in [-0.39, 0.29) is 24.2 Å². The molecular formula is C37H41N3O7. The summed E-state index contributed by atoms with van der Waals surface area (Å²) < 4.78 is 0. The van der Waals surface area contributed by atoms with E-state index in [1.807, 2.05) is 24.3 Å². The van der Waals surface area contributed by atoms with E-state index < -0.39 is 64.4 Å². The van der Waals surface area contributed by atoms with E-state index in [1.54, 1.807) is 20.2 Å². The first kappa shape index (κ1) is 32.7. The molecular weight excluding hydrogens is 598 g/mol. The highest BCUT2D eigenvalue weighted by Gasteiger charge is 2.69. The summed E-state index contributed by atoms with van der Waals surface area (Å²) in [6, 6.07) is 14.7. The molecule has 3 aromatic carbocycles. The number of primary amides is 1. The minimum absolute atomic E-state index is 0.00307. The van der Waals surface area contributed by atoms with Gasteiger partial charge >= 0.3 is 0 Å². The van der Waals surface area contributed by atoms with Crippen molar-refractivity contribution in [2.24, 2.45) is 29.4 Å². The smallest absolute Gasteiger partial charge is 0.235 e. The monoisotopic (exact) mass is 639 g/mol. The number of carbonyl (C=O) groups excluding carboxylic acids is 5. The standard InChI is InChI=1S/C37H41N3O7/c1-18(2)39-15-7-8-19-11-12-23(22-10-6-5-9-21(19)22)24-13-14-27(41)29-25(24)16-20-17-26-31(40(3)4)33(43)30(36(38)46)35(45)37(26,47)34(44)28(20)32(29)42/h5-6,9-14,18,20,26,28,30-31,39,41,47H,7-8,15-17H2,1-4H3,(H2,38,46)/t20-,26-,28?,30?,31-,37-/m0/s1. The number of aliphatic hydroxyl groups is 1. The number of nitrogens with two attached hydrogens (primary N) is 1. The Hall–Kier alpha value is -4.25. The van der Waals surface area contributed by atoms with Gasteiger partial charge in [0.2, 0.25) is 5.91 Å². The first-order valence-electron chi connectivity index (χ1n) is 16.2. The largest absolute Gasteiger partial charge is 0.507 e. The molecule has 1 amide bonds. The second-order valence-corrected chi connectivity index (χ2v) is 13.8. The van der Waals surface area contributed by atoms with Gasteiger partial charge in [-0.15, -0.1) is 0 Å². The first-order chi connectivity index (χ1) is 22.3. The Morgan fingerprint density at radius 1 is 1.00 bits per heavy atom. The van der Waals surface area contributed by atoms with Crippen molar-refractivity contribution in [2.75, 3.05) is 20.6 Å². The van der Waals surface area contributed by atoms with Crippen molar-refractivity contribution in [3.8, 4) is 16.9 Å². The van der Waals surface area contributed by atoms with E-state index in [9.17, 15) is 34.2 Å². The molecule has 6 atom stereocenters. The van der Waals surface area contributed by atoms with Crippen molar-refractivity contribution in [1.29, 1.82) is 0 Å². The molecule has 0 aliphatic heterocycles. The molecule has 0 radical (unpaired) electrons. The second-order valence-electron chi connectivity index (χ2n) is 13.8. The maximum atomic E-state index is 14.2. The molecule has 10 heteroatoms. The van der Waals surface area contributed by atoms with Crippen LogP contribution in [0.15, 0.2) is 48.5 Å². The molecule has 0 bridgehead atoms. The van der Waals surface area contributed by atoms with Gasteiger partial charge in [-0.3, -0.25) is 28.9 Å².